The van der Waals surface area contributed by atoms with Crippen molar-refractivity contribution in [3.63, 3.8) is 0 Å². The number of imidazole rings is 1. The third kappa shape index (κ3) is 4.30. The second kappa shape index (κ2) is 8.84. The molecule has 1 aliphatic heterocycles. The van der Waals surface area contributed by atoms with Gasteiger partial charge in [0.2, 0.25) is 0 Å². The van der Waals surface area contributed by atoms with Crippen molar-refractivity contribution in [1.82, 2.24) is 19.9 Å². The maximum absolute atomic E-state index is 13.2. The number of methoxy groups -OCH3 is 1. The number of nitrogens with zero attached hydrogens (tertiary/aromatic N) is 3. The molecule has 1 amide bonds. The van der Waals surface area contributed by atoms with E-state index in [0.717, 1.165) is 16.2 Å². The Hall–Kier alpha value is -3.24. The molecule has 1 saturated heterocycles. The Morgan fingerprint density at radius 3 is 2.68 bits per heavy atom. The minimum Gasteiger partial charge on any atom is -0.497 e. The summed E-state index contributed by atoms with van der Waals surface area (Å²) in [7, 11) is -1.49. The van der Waals surface area contributed by atoms with Gasteiger partial charge in [-0.05, 0) is 55.1 Å². The number of carbonyl (C=O) groups excluding carboxylic acids is 1. The van der Waals surface area contributed by atoms with Crippen LogP contribution in [0.2, 0.25) is 0 Å². The van der Waals surface area contributed by atoms with Gasteiger partial charge in [-0.1, -0.05) is 6.07 Å². The lowest BCUT2D eigenvalue weighted by atomic mass is 10.1. The Labute approximate surface area is 201 Å². The lowest BCUT2D eigenvalue weighted by Gasteiger charge is -2.15. The number of hydrogen-bond donors (Lipinski definition) is 1. The van der Waals surface area contributed by atoms with E-state index >= 15 is 0 Å². The summed E-state index contributed by atoms with van der Waals surface area (Å²) >= 11 is 1.57. The third-order valence-electron chi connectivity index (χ3n) is 6.03. The fraction of sp³-hybridized carbons (Fsp3) is 0.292. The lowest BCUT2D eigenvalue weighted by molar-refractivity contribution is 0.0948. The predicted molar refractivity (Wildman–Crippen MR) is 132 cm³/mol. The third-order valence-corrected chi connectivity index (χ3v) is 8.66. The average molecular weight is 497 g/mol. The van der Waals surface area contributed by atoms with Crippen molar-refractivity contribution < 1.29 is 17.9 Å². The van der Waals surface area contributed by atoms with Crippen molar-refractivity contribution in [1.29, 1.82) is 0 Å². The molecule has 1 aliphatic rings. The van der Waals surface area contributed by atoms with Crippen molar-refractivity contribution in [3.8, 4) is 17.0 Å². The smallest absolute Gasteiger partial charge is 0.272 e. The zero-order valence-electron chi connectivity index (χ0n) is 18.8. The first-order valence-corrected chi connectivity index (χ1v) is 13.6. The number of ether oxygens (including phenoxy) is 1. The van der Waals surface area contributed by atoms with E-state index < -0.39 is 9.84 Å². The van der Waals surface area contributed by atoms with Crippen LogP contribution in [0, 0.1) is 6.92 Å². The molecule has 10 heteroatoms. The summed E-state index contributed by atoms with van der Waals surface area (Å²) in [5, 5.41) is 4.91. The Morgan fingerprint density at radius 2 is 2.03 bits per heavy atom. The highest BCUT2D eigenvalue weighted by atomic mass is 32.2. The van der Waals surface area contributed by atoms with Crippen LogP contribution in [-0.2, 0) is 16.4 Å². The largest absolute Gasteiger partial charge is 0.497 e. The van der Waals surface area contributed by atoms with Crippen LogP contribution >= 0.6 is 11.3 Å². The molecule has 3 aromatic heterocycles. The van der Waals surface area contributed by atoms with Gasteiger partial charge in [0.25, 0.3) is 5.91 Å². The van der Waals surface area contributed by atoms with Gasteiger partial charge in [0.15, 0.2) is 15.5 Å². The Morgan fingerprint density at radius 1 is 1.24 bits per heavy atom. The summed E-state index contributed by atoms with van der Waals surface area (Å²) in [6.07, 6.45) is 0.523. The molecule has 0 spiro atoms. The quantitative estimate of drug-likeness (QED) is 0.436. The van der Waals surface area contributed by atoms with Crippen LogP contribution in [0.5, 0.6) is 5.75 Å². The zero-order chi connectivity index (χ0) is 23.9. The minimum atomic E-state index is -3.09. The van der Waals surface area contributed by atoms with Gasteiger partial charge >= 0.3 is 0 Å². The predicted octanol–water partition coefficient (Wildman–Crippen LogP) is 3.77. The number of benzene rings is 1. The van der Waals surface area contributed by atoms with Crippen LogP contribution in [-0.4, -0.2) is 47.5 Å². The van der Waals surface area contributed by atoms with Gasteiger partial charge in [-0.3, -0.25) is 4.79 Å². The molecule has 1 N–H and O–H groups in total. The number of carbonyl (C=O) groups is 1. The topological polar surface area (TPSA) is 103 Å². The van der Waals surface area contributed by atoms with E-state index in [2.05, 4.69) is 10.3 Å². The molecular weight excluding hydrogens is 472 g/mol. The number of rotatable bonds is 6. The fourth-order valence-corrected chi connectivity index (χ4v) is 6.73. The summed E-state index contributed by atoms with van der Waals surface area (Å²) in [5.74, 6) is 1.28. The SMILES string of the molecule is COc1ccc(-c2cc3c(nc(C)n3C3CCS(=O)(=O)C3)c(C(=O)NCc3cccs3)n2)cc1. The van der Waals surface area contributed by atoms with Crippen molar-refractivity contribution in [3.05, 3.63) is 64.2 Å². The maximum Gasteiger partial charge on any atom is 0.272 e. The molecule has 0 saturated carbocycles. The molecule has 4 heterocycles. The highest BCUT2D eigenvalue weighted by Gasteiger charge is 2.32. The summed E-state index contributed by atoms with van der Waals surface area (Å²) in [5.41, 5.74) is 2.84. The van der Waals surface area contributed by atoms with E-state index in [-0.39, 0.29) is 29.1 Å². The van der Waals surface area contributed by atoms with Gasteiger partial charge in [0, 0.05) is 10.4 Å². The van der Waals surface area contributed by atoms with Gasteiger partial charge in [0.1, 0.15) is 17.1 Å². The number of hydrogen-bond acceptors (Lipinski definition) is 7. The Balaban J connectivity index is 1.62. The number of pyridine rings is 1. The van der Waals surface area contributed by atoms with Crippen molar-refractivity contribution in [2.45, 2.75) is 25.9 Å². The highest BCUT2D eigenvalue weighted by molar-refractivity contribution is 7.91. The first-order valence-electron chi connectivity index (χ1n) is 10.9. The molecule has 8 nitrogen and oxygen atoms in total. The lowest BCUT2D eigenvalue weighted by Crippen LogP contribution is -2.24. The first kappa shape index (κ1) is 22.5. The van der Waals surface area contributed by atoms with Crippen LogP contribution in [0.25, 0.3) is 22.3 Å². The van der Waals surface area contributed by atoms with E-state index in [1.807, 2.05) is 59.3 Å². The number of amides is 1. The molecule has 0 aliphatic carbocycles. The normalized spacial score (nSPS) is 17.2. The van der Waals surface area contributed by atoms with E-state index in [0.29, 0.717) is 35.5 Å². The van der Waals surface area contributed by atoms with Crippen LogP contribution in [0.3, 0.4) is 0 Å². The van der Waals surface area contributed by atoms with E-state index in [1.54, 1.807) is 18.4 Å². The molecule has 1 aromatic carbocycles. The van der Waals surface area contributed by atoms with Gasteiger partial charge in [0.05, 0.1) is 42.4 Å². The number of thiophene rings is 1. The van der Waals surface area contributed by atoms with E-state index in [9.17, 15) is 13.2 Å². The summed E-state index contributed by atoms with van der Waals surface area (Å²) in [6.45, 7) is 2.23. The van der Waals surface area contributed by atoms with Crippen molar-refractivity contribution in [2.75, 3.05) is 18.6 Å². The van der Waals surface area contributed by atoms with Gasteiger partial charge in [-0.25, -0.2) is 18.4 Å². The molecule has 176 valence electrons. The van der Waals surface area contributed by atoms with E-state index in [4.69, 9.17) is 9.72 Å². The van der Waals surface area contributed by atoms with Crippen LogP contribution < -0.4 is 10.1 Å². The summed E-state index contributed by atoms with van der Waals surface area (Å²) in [4.78, 5) is 23.6. The number of aromatic nitrogens is 3. The average Bonchev–Trinajstić information content (AvgIpc) is 3.55. The fourth-order valence-electron chi connectivity index (χ4n) is 4.38. The van der Waals surface area contributed by atoms with Crippen LogP contribution in [0.1, 0.15) is 33.7 Å². The summed E-state index contributed by atoms with van der Waals surface area (Å²) < 4.78 is 31.6. The van der Waals surface area contributed by atoms with Gasteiger partial charge < -0.3 is 14.6 Å². The molecular formula is C24H24N4O4S2. The first-order chi connectivity index (χ1) is 16.3. The maximum atomic E-state index is 13.2. The van der Waals surface area contributed by atoms with Crippen molar-refractivity contribution >= 4 is 38.1 Å². The molecule has 1 atom stereocenters. The van der Waals surface area contributed by atoms with E-state index in [1.165, 1.54) is 0 Å². The molecule has 34 heavy (non-hydrogen) atoms. The molecule has 1 unspecified atom stereocenters. The van der Waals surface area contributed by atoms with Gasteiger partial charge in [-0.2, -0.15) is 0 Å². The number of sulfone groups is 1. The Kier molecular flexibility index (Phi) is 5.86. The number of aryl methyl sites for hydroxylation is 1. The number of nitrogens with one attached hydrogen (secondary N) is 1. The molecule has 5 rings (SSSR count). The Bertz CT molecular complexity index is 1460. The molecule has 0 radical (unpaired) electrons. The molecule has 0 bridgehead atoms. The monoisotopic (exact) mass is 496 g/mol. The number of fused-ring (bicyclic) bond motifs is 1. The highest BCUT2D eigenvalue weighted by Crippen LogP contribution is 2.33. The molecule has 1 fully saturated rings. The van der Waals surface area contributed by atoms with Crippen molar-refractivity contribution in [2.24, 2.45) is 0 Å². The standard InChI is InChI=1S/C24H24N4O4S2/c1-15-26-22-21(28(15)17-9-11-34(30,31)14-17)12-20(16-5-7-18(32-2)8-6-16)27-23(22)24(29)25-13-19-4-3-10-33-19/h3-8,10,12,17H,9,11,13-14H2,1-2H3,(H,25,29). The summed E-state index contributed by atoms with van der Waals surface area (Å²) in [6, 6.07) is 13.0. The second-order valence-corrected chi connectivity index (χ2v) is 11.6. The van der Waals surface area contributed by atoms with Crippen LogP contribution in [0.15, 0.2) is 47.8 Å². The van der Waals surface area contributed by atoms with Crippen LogP contribution in [0.4, 0.5) is 0 Å². The zero-order valence-corrected chi connectivity index (χ0v) is 20.4. The molecule has 4 aromatic rings. The second-order valence-electron chi connectivity index (χ2n) is 8.30. The van der Waals surface area contributed by atoms with Gasteiger partial charge in [-0.15, -0.1) is 11.3 Å². The minimum absolute atomic E-state index is 0.0688.